The predicted molar refractivity (Wildman–Crippen MR) is 92.8 cm³/mol. The van der Waals surface area contributed by atoms with Crippen LogP contribution in [0.3, 0.4) is 0 Å². The molecule has 0 saturated carbocycles. The van der Waals surface area contributed by atoms with Gasteiger partial charge in [-0.2, -0.15) is 17.6 Å². The first-order valence-corrected chi connectivity index (χ1v) is 8.18. The number of ether oxygens (including phenoxy) is 1. The summed E-state index contributed by atoms with van der Waals surface area (Å²) in [6.45, 7) is 4.52. The van der Waals surface area contributed by atoms with Gasteiger partial charge in [0.2, 0.25) is 5.95 Å². The highest BCUT2D eigenvalue weighted by Gasteiger charge is 2.45. The van der Waals surface area contributed by atoms with E-state index in [2.05, 4.69) is 25.6 Å². The summed E-state index contributed by atoms with van der Waals surface area (Å²) in [6.07, 6.45) is -3.55. The first-order valence-electron chi connectivity index (χ1n) is 7.39. The first kappa shape index (κ1) is 20.1. The van der Waals surface area contributed by atoms with Crippen LogP contribution >= 0.6 is 15.9 Å². The molecule has 5 nitrogen and oxygen atoms in total. The summed E-state index contributed by atoms with van der Waals surface area (Å²) >= 11 is 2.95. The van der Waals surface area contributed by atoms with Crippen LogP contribution in [-0.2, 0) is 4.74 Å². The zero-order chi connectivity index (χ0) is 19.7. The maximum Gasteiger partial charge on any atom is 0.495 e. The standard InChI is InChI=1S/C16H15BrF4N3O2/c1-15(2,3)26-14(25)24(12-7-5-10(17)13(18)23-12)8-9-4-6-11(22-9)16(19,20)21/h4-7H,8H2,1-3H3/q+1. The van der Waals surface area contributed by atoms with Crippen LogP contribution in [0.5, 0.6) is 0 Å². The van der Waals surface area contributed by atoms with Gasteiger partial charge in [-0.15, -0.1) is 0 Å². The summed E-state index contributed by atoms with van der Waals surface area (Å²) in [7, 11) is 0. The molecule has 0 N–H and O–H groups in total. The van der Waals surface area contributed by atoms with Crippen molar-refractivity contribution in [2.75, 3.05) is 11.4 Å². The molecule has 0 aliphatic carbocycles. The smallest absolute Gasteiger partial charge is 0.443 e. The van der Waals surface area contributed by atoms with E-state index in [1.807, 2.05) is 0 Å². The number of carbonyl (C=O) groups is 1. The molecule has 0 fully saturated rings. The summed E-state index contributed by atoms with van der Waals surface area (Å²) in [5, 5.41) is 0. The van der Waals surface area contributed by atoms with Crippen LogP contribution in [0, 0.1) is 5.95 Å². The SMILES string of the molecule is CC(C)(C)OC(=O)N(CC1=[N+]=C(C(F)(F)F)C=C1)c1ccc(Br)c(F)n1. The molecule has 1 aromatic rings. The zero-order valence-corrected chi connectivity index (χ0v) is 15.7. The molecule has 2 heterocycles. The van der Waals surface area contributed by atoms with E-state index < -0.39 is 29.5 Å². The van der Waals surface area contributed by atoms with Crippen molar-refractivity contribution in [3.63, 3.8) is 0 Å². The summed E-state index contributed by atoms with van der Waals surface area (Å²) in [5.41, 5.74) is -1.97. The van der Waals surface area contributed by atoms with Crippen LogP contribution in [0.1, 0.15) is 20.8 Å². The van der Waals surface area contributed by atoms with Crippen molar-refractivity contribution < 1.29 is 27.1 Å². The Balaban J connectivity index is 2.39. The molecule has 1 aliphatic heterocycles. The molecule has 0 saturated heterocycles. The number of alkyl halides is 3. The van der Waals surface area contributed by atoms with E-state index in [1.165, 1.54) is 12.1 Å². The van der Waals surface area contributed by atoms with Gasteiger partial charge >= 0.3 is 23.7 Å². The number of aromatic nitrogens is 1. The van der Waals surface area contributed by atoms with Crippen molar-refractivity contribution in [3.8, 4) is 0 Å². The number of halogens is 5. The molecule has 1 aromatic heterocycles. The molecule has 0 spiro atoms. The van der Waals surface area contributed by atoms with Crippen LogP contribution in [0.4, 0.5) is 28.2 Å². The number of pyridine rings is 1. The van der Waals surface area contributed by atoms with Crippen LogP contribution in [0.2, 0.25) is 0 Å². The van der Waals surface area contributed by atoms with Gasteiger partial charge in [0.1, 0.15) is 18.0 Å². The second kappa shape index (κ2) is 7.20. The number of carbonyl (C=O) groups excluding carboxylic acids is 1. The normalized spacial score (nSPS) is 14.2. The highest BCUT2D eigenvalue weighted by atomic mass is 79.9. The summed E-state index contributed by atoms with van der Waals surface area (Å²) in [6, 6.07) is 2.67. The fraction of sp³-hybridized carbons (Fsp3) is 0.375. The van der Waals surface area contributed by atoms with Gasteiger partial charge in [-0.3, -0.25) is 0 Å². The molecule has 0 atom stereocenters. The molecule has 26 heavy (non-hydrogen) atoms. The van der Waals surface area contributed by atoms with Crippen molar-refractivity contribution in [2.45, 2.75) is 32.5 Å². The van der Waals surface area contributed by atoms with E-state index in [-0.39, 0.29) is 22.5 Å². The highest BCUT2D eigenvalue weighted by Crippen LogP contribution is 2.22. The Morgan fingerprint density at radius 2 is 1.92 bits per heavy atom. The second-order valence-electron chi connectivity index (χ2n) is 6.33. The van der Waals surface area contributed by atoms with Gasteiger partial charge in [0.05, 0.1) is 4.47 Å². The third kappa shape index (κ3) is 5.15. The van der Waals surface area contributed by atoms with Gasteiger partial charge in [0.15, 0.2) is 0 Å². The Kier molecular flexibility index (Phi) is 5.58. The van der Waals surface area contributed by atoms with E-state index in [1.54, 1.807) is 20.8 Å². The highest BCUT2D eigenvalue weighted by molar-refractivity contribution is 9.10. The molecule has 0 radical (unpaired) electrons. The van der Waals surface area contributed by atoms with E-state index in [9.17, 15) is 22.4 Å². The van der Waals surface area contributed by atoms with Crippen molar-refractivity contribution >= 4 is 39.3 Å². The average Bonchev–Trinajstić information content (AvgIpc) is 2.95. The number of rotatable bonds is 3. The van der Waals surface area contributed by atoms with Crippen LogP contribution in [-0.4, -0.2) is 40.8 Å². The van der Waals surface area contributed by atoms with Gasteiger partial charge in [-0.25, -0.2) is 14.7 Å². The quantitative estimate of drug-likeness (QED) is 0.411. The third-order valence-electron chi connectivity index (χ3n) is 2.99. The van der Waals surface area contributed by atoms with E-state index in [0.29, 0.717) is 0 Å². The first-order chi connectivity index (χ1) is 11.9. The Bertz CT molecular complexity index is 822. The number of anilines is 1. The molecule has 0 aromatic carbocycles. The lowest BCUT2D eigenvalue weighted by molar-refractivity contribution is -0.0577. The Morgan fingerprint density at radius 1 is 1.27 bits per heavy atom. The molecule has 10 heteroatoms. The number of amides is 1. The van der Waals surface area contributed by atoms with Gasteiger partial charge in [0.25, 0.3) is 0 Å². The van der Waals surface area contributed by atoms with E-state index in [0.717, 1.165) is 17.1 Å². The largest absolute Gasteiger partial charge is 0.495 e. The monoisotopic (exact) mass is 436 g/mol. The Labute approximate surface area is 155 Å². The molecule has 2 rings (SSSR count). The number of nitrogens with zero attached hydrogens (tertiary/aromatic N) is 3. The second-order valence-corrected chi connectivity index (χ2v) is 7.18. The minimum atomic E-state index is -4.60. The van der Waals surface area contributed by atoms with Crippen LogP contribution < -0.4 is 9.57 Å². The van der Waals surface area contributed by atoms with Gasteiger partial charge in [-0.1, -0.05) is 4.67 Å². The molecular formula is C16H15BrF4N3O2+. The lowest BCUT2D eigenvalue weighted by atomic mass is 10.2. The lowest BCUT2D eigenvalue weighted by Gasteiger charge is -2.25. The zero-order valence-electron chi connectivity index (χ0n) is 14.1. The van der Waals surface area contributed by atoms with E-state index >= 15 is 0 Å². The van der Waals surface area contributed by atoms with Crippen molar-refractivity contribution in [1.82, 2.24) is 9.65 Å². The molecule has 1 aliphatic rings. The minimum absolute atomic E-state index is 0.0340. The predicted octanol–water partition coefficient (Wildman–Crippen LogP) is 3.81. The molecule has 0 bridgehead atoms. The van der Waals surface area contributed by atoms with Crippen LogP contribution in [0.25, 0.3) is 0 Å². The summed E-state index contributed by atoms with van der Waals surface area (Å²) in [4.78, 5) is 17.0. The molecule has 1 amide bonds. The summed E-state index contributed by atoms with van der Waals surface area (Å²) < 4.78 is 60.6. The number of hydrogen-bond donors (Lipinski definition) is 0. The third-order valence-corrected chi connectivity index (χ3v) is 3.58. The topological polar surface area (TPSA) is 56.5 Å². The van der Waals surface area contributed by atoms with Gasteiger partial charge in [-0.05, 0) is 48.8 Å². The Morgan fingerprint density at radius 3 is 2.42 bits per heavy atom. The Hall–Kier alpha value is -2.19. The van der Waals surface area contributed by atoms with E-state index in [4.69, 9.17) is 4.74 Å². The van der Waals surface area contributed by atoms with Gasteiger partial charge < -0.3 is 4.74 Å². The lowest BCUT2D eigenvalue weighted by Crippen LogP contribution is -2.40. The van der Waals surface area contributed by atoms with Crippen molar-refractivity contribution in [1.29, 1.82) is 0 Å². The molecular weight excluding hydrogens is 422 g/mol. The van der Waals surface area contributed by atoms with Crippen LogP contribution in [0.15, 0.2) is 28.8 Å². The summed E-state index contributed by atoms with van der Waals surface area (Å²) in [5.74, 6) is -0.987. The molecule has 0 unspecified atom stereocenters. The fourth-order valence-electron chi connectivity index (χ4n) is 1.93. The number of allylic oxidation sites excluding steroid dienone is 1. The minimum Gasteiger partial charge on any atom is -0.443 e. The number of hydrogen-bond acceptors (Lipinski definition) is 3. The average molecular weight is 437 g/mol. The maximum absolute atomic E-state index is 13.7. The fourth-order valence-corrected chi connectivity index (χ4v) is 2.15. The van der Waals surface area contributed by atoms with Gasteiger partial charge in [0, 0.05) is 12.2 Å². The molecule has 140 valence electrons. The van der Waals surface area contributed by atoms with Crippen molar-refractivity contribution in [2.24, 2.45) is 0 Å². The van der Waals surface area contributed by atoms with Crippen molar-refractivity contribution in [3.05, 3.63) is 34.7 Å². The maximum atomic E-state index is 13.7.